The van der Waals surface area contributed by atoms with Crippen molar-refractivity contribution in [3.05, 3.63) is 91.8 Å². The molecule has 0 bridgehead atoms. The average molecular weight is 650 g/mol. The van der Waals surface area contributed by atoms with Crippen molar-refractivity contribution in [1.82, 2.24) is 0 Å². The molecule has 0 spiro atoms. The lowest BCUT2D eigenvalue weighted by Gasteiger charge is -2.06. The van der Waals surface area contributed by atoms with Crippen LogP contribution in [0.1, 0.15) is 58.0 Å². The molecule has 0 fully saturated rings. The second kappa shape index (κ2) is 19.5. The van der Waals surface area contributed by atoms with Gasteiger partial charge >= 0.3 is 0 Å². The Morgan fingerprint density at radius 2 is 0.929 bits per heavy atom. The molecule has 0 atom stereocenters. The number of hydrogen-bond acceptors (Lipinski definition) is 4. The predicted octanol–water partition coefficient (Wildman–Crippen LogP) is 1.10. The van der Waals surface area contributed by atoms with Gasteiger partial charge in [0.1, 0.15) is 13.1 Å². The first kappa shape index (κ1) is 36.4. The molecule has 0 aliphatic rings. The minimum atomic E-state index is 0. The van der Waals surface area contributed by atoms with Crippen molar-refractivity contribution in [1.29, 1.82) is 0 Å². The Morgan fingerprint density at radius 3 is 1.29 bits per heavy atom. The quantitative estimate of drug-likeness (QED) is 0.127. The van der Waals surface area contributed by atoms with Crippen molar-refractivity contribution < 1.29 is 43.4 Å². The van der Waals surface area contributed by atoms with Crippen LogP contribution in [0.25, 0.3) is 11.1 Å². The summed E-state index contributed by atoms with van der Waals surface area (Å²) in [5, 5.41) is 0. The van der Waals surface area contributed by atoms with Gasteiger partial charge in [-0.25, -0.2) is 0 Å². The maximum atomic E-state index is 5.24. The van der Waals surface area contributed by atoms with Crippen LogP contribution in [0.4, 0.5) is 0 Å². The van der Waals surface area contributed by atoms with Gasteiger partial charge in [0, 0.05) is 53.8 Å². The predicted molar refractivity (Wildman–Crippen MR) is 167 cm³/mol. The van der Waals surface area contributed by atoms with E-state index in [-0.39, 0.29) is 24.8 Å². The maximum absolute atomic E-state index is 5.24. The zero-order chi connectivity index (χ0) is 28.2. The summed E-state index contributed by atoms with van der Waals surface area (Å²) in [6.45, 7) is 8.27. The van der Waals surface area contributed by atoms with Crippen LogP contribution in [-0.2, 0) is 48.2 Å². The molecular formula is C34H46Cl2N2O2S2. The minimum Gasteiger partial charge on any atom is -1.00 e. The summed E-state index contributed by atoms with van der Waals surface area (Å²) in [5.41, 5.74) is 12.8. The molecule has 2 aromatic carbocycles. The number of halogens is 2. The Labute approximate surface area is 273 Å². The summed E-state index contributed by atoms with van der Waals surface area (Å²) in [5.74, 6) is 0. The van der Waals surface area contributed by atoms with E-state index in [1.165, 1.54) is 69.1 Å². The summed E-state index contributed by atoms with van der Waals surface area (Å²) in [7, 11) is 3.55. The van der Waals surface area contributed by atoms with Crippen molar-refractivity contribution in [2.24, 2.45) is 0 Å². The van der Waals surface area contributed by atoms with Gasteiger partial charge in [0.2, 0.25) is 11.0 Å². The molecule has 4 rings (SSSR count). The Bertz CT molecular complexity index is 1200. The normalized spacial score (nSPS) is 10.9. The van der Waals surface area contributed by atoms with Crippen molar-refractivity contribution in [3.8, 4) is 11.1 Å². The number of rotatable bonds is 17. The zero-order valence-electron chi connectivity index (χ0n) is 25.5. The van der Waals surface area contributed by atoms with Gasteiger partial charge in [-0.15, -0.1) is 0 Å². The highest BCUT2D eigenvalue weighted by molar-refractivity contribution is 7.09. The van der Waals surface area contributed by atoms with E-state index in [0.717, 1.165) is 52.0 Å². The average Bonchev–Trinajstić information content (AvgIpc) is 3.52. The molecule has 0 amide bonds. The highest BCUT2D eigenvalue weighted by Crippen LogP contribution is 2.22. The number of methoxy groups -OCH3 is 2. The monoisotopic (exact) mass is 648 g/mol. The second-order valence-electron chi connectivity index (χ2n) is 10.6. The number of ether oxygens (including phenoxy) is 2. The van der Waals surface area contributed by atoms with Crippen molar-refractivity contribution in [2.75, 3.05) is 27.4 Å². The Morgan fingerprint density at radius 1 is 0.548 bits per heavy atom. The Hall–Kier alpha value is -1.80. The van der Waals surface area contributed by atoms with Gasteiger partial charge in [-0.2, -0.15) is 9.13 Å². The van der Waals surface area contributed by atoms with Gasteiger partial charge in [0.25, 0.3) is 0 Å². The second-order valence-corrected chi connectivity index (χ2v) is 12.5. The van der Waals surface area contributed by atoms with E-state index in [4.69, 9.17) is 9.47 Å². The van der Waals surface area contributed by atoms with Gasteiger partial charge in [0.05, 0.1) is 23.0 Å². The summed E-state index contributed by atoms with van der Waals surface area (Å²) in [6.07, 6.45) is 9.13. The van der Waals surface area contributed by atoms with Crippen LogP contribution >= 0.6 is 22.7 Å². The van der Waals surface area contributed by atoms with E-state index in [1.807, 2.05) is 22.7 Å². The molecule has 0 saturated heterocycles. The lowest BCUT2D eigenvalue weighted by atomic mass is 9.99. The number of thiazole rings is 2. The summed E-state index contributed by atoms with van der Waals surface area (Å²) < 4.78 is 15.3. The first-order valence-electron chi connectivity index (χ1n) is 14.7. The number of benzene rings is 2. The van der Waals surface area contributed by atoms with E-state index in [1.54, 1.807) is 14.2 Å². The summed E-state index contributed by atoms with van der Waals surface area (Å²) in [4.78, 5) is 2.89. The number of hydrogen-bond donors (Lipinski definition) is 0. The summed E-state index contributed by atoms with van der Waals surface area (Å²) in [6, 6.07) is 18.4. The van der Waals surface area contributed by atoms with Gasteiger partial charge < -0.3 is 34.3 Å². The van der Waals surface area contributed by atoms with E-state index < -0.39 is 0 Å². The SMILES string of the molecule is COCCc1sc[n+](CCCCc2ccc(-c3ccc(CCCC[n+]4csc(CCOC)c4C)cc3)cc2)c1C.[Cl-].[Cl-]. The smallest absolute Gasteiger partial charge is 0.225 e. The Balaban J connectivity index is 0.00000308. The maximum Gasteiger partial charge on any atom is 0.225 e. The van der Waals surface area contributed by atoms with E-state index in [2.05, 4.69) is 82.5 Å². The topological polar surface area (TPSA) is 26.2 Å². The molecule has 42 heavy (non-hydrogen) atoms. The standard InChI is InChI=1S/C34H46N2O2S2.2ClH/c1-27-33(19-23-37-3)39-25-35(27)21-7-5-9-29-11-15-31(16-12-29)32-17-13-30(14-18-32)10-6-8-22-36-26-40-34(28(36)2)20-24-38-4;;/h11-18,25-26H,5-10,19-24H2,1-4H3;2*1H/q+2;;/p-2. The molecular weight excluding hydrogens is 603 g/mol. The van der Waals surface area contributed by atoms with Crippen molar-refractivity contribution in [3.63, 3.8) is 0 Å². The third-order valence-electron chi connectivity index (χ3n) is 7.85. The largest absolute Gasteiger partial charge is 1.00 e. The van der Waals surface area contributed by atoms with Gasteiger partial charge in [-0.1, -0.05) is 71.2 Å². The van der Waals surface area contributed by atoms with Crippen LogP contribution in [0.3, 0.4) is 0 Å². The highest BCUT2D eigenvalue weighted by atomic mass is 35.5. The van der Waals surface area contributed by atoms with Crippen LogP contribution in [0.5, 0.6) is 0 Å². The Kier molecular flexibility index (Phi) is 16.9. The molecule has 0 aliphatic heterocycles. The van der Waals surface area contributed by atoms with Crippen molar-refractivity contribution >= 4 is 22.7 Å². The molecule has 230 valence electrons. The lowest BCUT2D eigenvalue weighted by molar-refractivity contribution is -0.698. The first-order chi connectivity index (χ1) is 19.6. The number of aromatic nitrogens is 2. The summed E-state index contributed by atoms with van der Waals surface area (Å²) >= 11 is 3.71. The fourth-order valence-corrected chi connectivity index (χ4v) is 7.18. The van der Waals surface area contributed by atoms with Crippen LogP contribution < -0.4 is 33.9 Å². The molecule has 0 aliphatic carbocycles. The van der Waals surface area contributed by atoms with Crippen molar-refractivity contribution in [2.45, 2.75) is 78.3 Å². The molecule has 4 nitrogen and oxygen atoms in total. The van der Waals surface area contributed by atoms with Crippen LogP contribution in [0.2, 0.25) is 0 Å². The van der Waals surface area contributed by atoms with Gasteiger partial charge in [-0.3, -0.25) is 0 Å². The molecule has 0 radical (unpaired) electrons. The van der Waals surface area contributed by atoms with E-state index >= 15 is 0 Å². The zero-order valence-corrected chi connectivity index (χ0v) is 28.7. The fourth-order valence-electron chi connectivity index (χ4n) is 5.16. The lowest BCUT2D eigenvalue weighted by Crippen LogP contribution is -3.00. The van der Waals surface area contributed by atoms with Gasteiger partial charge in [0.15, 0.2) is 11.4 Å². The van der Waals surface area contributed by atoms with Gasteiger partial charge in [-0.05, 0) is 47.9 Å². The molecule has 2 aromatic heterocycles. The molecule has 0 saturated carbocycles. The molecule has 2 heterocycles. The van der Waals surface area contributed by atoms with Crippen LogP contribution in [0.15, 0.2) is 59.6 Å². The third-order valence-corrected chi connectivity index (χ3v) is 10.1. The molecule has 4 aromatic rings. The van der Waals surface area contributed by atoms with Crippen LogP contribution in [-0.4, -0.2) is 27.4 Å². The van der Waals surface area contributed by atoms with E-state index in [0.29, 0.717) is 0 Å². The number of unbranched alkanes of at least 4 members (excludes halogenated alkanes) is 2. The minimum absolute atomic E-state index is 0. The first-order valence-corrected chi connectivity index (χ1v) is 16.4. The molecule has 0 unspecified atom stereocenters. The number of aryl methyl sites for hydroxylation is 4. The third kappa shape index (κ3) is 10.7. The molecule has 0 N–H and O–H groups in total. The highest BCUT2D eigenvalue weighted by Gasteiger charge is 2.15. The fraction of sp³-hybridized carbons (Fsp3) is 0.471. The molecule has 8 heteroatoms. The number of nitrogens with zero attached hydrogens (tertiary/aromatic N) is 2. The van der Waals surface area contributed by atoms with E-state index in [9.17, 15) is 0 Å². The van der Waals surface area contributed by atoms with Crippen LogP contribution in [0, 0.1) is 13.8 Å².